The van der Waals surface area contributed by atoms with Crippen LogP contribution < -0.4 is 0 Å². The molecule has 8 nitrogen and oxygen atoms in total. The molecule has 0 unspecified atom stereocenters. The Hall–Kier alpha value is -6.10. The Morgan fingerprint density at radius 2 is 1.26 bits per heavy atom. The quantitative estimate of drug-likeness (QED) is 0.102. The van der Waals surface area contributed by atoms with Crippen LogP contribution in [0.4, 0.5) is 0 Å². The summed E-state index contributed by atoms with van der Waals surface area (Å²) in [6.07, 6.45) is -1.15. The summed E-state index contributed by atoms with van der Waals surface area (Å²) in [4.78, 5) is 32.4. The van der Waals surface area contributed by atoms with Gasteiger partial charge in [0.15, 0.2) is 12.1 Å². The van der Waals surface area contributed by atoms with Crippen LogP contribution in [-0.2, 0) is 22.6 Å². The fraction of sp³-hybridized carbons (Fsp3) is 0.163. The molecule has 0 spiro atoms. The zero-order valence-electron chi connectivity index (χ0n) is 31.7. The van der Waals surface area contributed by atoms with Gasteiger partial charge in [0.05, 0.1) is 36.5 Å². The SMILES string of the molecule is C[C@@H]1[C@H](CSc2nc(-c3ccccc3)c(-c3ccccc3)o2)O[C@H](c2ccc(-c3cccc(CN4C(=O)c5ccccc5C4=O)c3)cc2)O[C@@H]1c1ccc(CO)cc1. The van der Waals surface area contributed by atoms with Crippen LogP contribution in [0.5, 0.6) is 0 Å². The zero-order chi connectivity index (χ0) is 39.6. The van der Waals surface area contributed by atoms with Gasteiger partial charge in [-0.2, -0.15) is 0 Å². The second-order valence-electron chi connectivity index (χ2n) is 14.6. The molecule has 3 heterocycles. The summed E-state index contributed by atoms with van der Waals surface area (Å²) < 4.78 is 20.0. The first-order chi connectivity index (χ1) is 28.4. The monoisotopic (exact) mass is 784 g/mol. The van der Waals surface area contributed by atoms with Gasteiger partial charge < -0.3 is 19.0 Å². The number of ether oxygens (including phenoxy) is 2. The normalized spacial score (nSPS) is 19.0. The summed E-state index contributed by atoms with van der Waals surface area (Å²) in [5.74, 6) is 0.735. The molecule has 0 radical (unpaired) electrons. The predicted octanol–water partition coefficient (Wildman–Crippen LogP) is 10.5. The topological polar surface area (TPSA) is 102 Å². The number of thioether (sulfide) groups is 1. The number of aliphatic hydroxyl groups excluding tert-OH is 1. The van der Waals surface area contributed by atoms with Crippen molar-refractivity contribution in [3.8, 4) is 33.7 Å². The van der Waals surface area contributed by atoms with Crippen molar-refractivity contribution in [2.24, 2.45) is 5.92 Å². The van der Waals surface area contributed by atoms with Gasteiger partial charge in [-0.15, -0.1) is 0 Å². The van der Waals surface area contributed by atoms with Gasteiger partial charge in [-0.3, -0.25) is 14.5 Å². The Bertz CT molecular complexity index is 2470. The minimum Gasteiger partial charge on any atom is -0.431 e. The standard InChI is InChI=1S/C49H40N2O6S/c1-31-42(30-58-49-50-43(35-12-4-2-5-13-35)45(57-49)36-14-6-3-7-15-36)55-48(56-44(31)37-21-19-32(29-52)20-22-37)38-25-23-34(24-26-38)39-16-10-11-33(27-39)28-51-46(53)40-17-8-9-18-41(40)47(51)54/h2-27,31,42,44,48,52H,28-30H2,1H3/t31-,42+,44+,48+/m1/s1. The Morgan fingerprint density at radius 1 is 0.638 bits per heavy atom. The number of amides is 2. The molecular weight excluding hydrogens is 745 g/mol. The van der Waals surface area contributed by atoms with Crippen LogP contribution in [0.3, 0.4) is 0 Å². The molecule has 1 aromatic heterocycles. The van der Waals surface area contributed by atoms with E-state index in [9.17, 15) is 14.7 Å². The number of imide groups is 1. The molecule has 2 amide bonds. The largest absolute Gasteiger partial charge is 0.431 e. The van der Waals surface area contributed by atoms with Gasteiger partial charge in [-0.1, -0.05) is 158 Å². The molecule has 2 aliphatic heterocycles. The number of aromatic nitrogens is 1. The molecule has 2 aliphatic rings. The third-order valence-electron chi connectivity index (χ3n) is 10.8. The molecule has 7 aromatic rings. The highest BCUT2D eigenvalue weighted by atomic mass is 32.2. The highest BCUT2D eigenvalue weighted by molar-refractivity contribution is 7.99. The number of aliphatic hydroxyl groups is 1. The molecule has 9 heteroatoms. The summed E-state index contributed by atoms with van der Waals surface area (Å²) in [5, 5.41) is 10.3. The van der Waals surface area contributed by atoms with E-state index in [1.54, 1.807) is 24.3 Å². The van der Waals surface area contributed by atoms with E-state index >= 15 is 0 Å². The average molecular weight is 785 g/mol. The number of rotatable bonds is 11. The number of fused-ring (bicyclic) bond motifs is 1. The molecule has 1 N–H and O–H groups in total. The van der Waals surface area contributed by atoms with Crippen molar-refractivity contribution in [1.29, 1.82) is 0 Å². The van der Waals surface area contributed by atoms with E-state index in [0.717, 1.165) is 56.0 Å². The van der Waals surface area contributed by atoms with Crippen LogP contribution in [0.15, 0.2) is 167 Å². The lowest BCUT2D eigenvalue weighted by Crippen LogP contribution is -2.38. The molecular formula is C49H40N2O6S. The molecule has 6 aromatic carbocycles. The third kappa shape index (κ3) is 7.53. The first kappa shape index (κ1) is 37.5. The van der Waals surface area contributed by atoms with Gasteiger partial charge >= 0.3 is 0 Å². The number of oxazole rings is 1. The number of carbonyl (C=O) groups is 2. The summed E-state index contributed by atoms with van der Waals surface area (Å²) in [6.45, 7) is 2.30. The summed E-state index contributed by atoms with van der Waals surface area (Å²) in [5.41, 5.74) is 9.14. The Kier molecular flexibility index (Phi) is 10.6. The highest BCUT2D eigenvalue weighted by Gasteiger charge is 2.39. The van der Waals surface area contributed by atoms with Crippen LogP contribution in [0.2, 0.25) is 0 Å². The molecule has 288 valence electrons. The fourth-order valence-corrected chi connectivity index (χ4v) is 8.64. The number of nitrogens with zero attached hydrogens (tertiary/aromatic N) is 2. The first-order valence-electron chi connectivity index (χ1n) is 19.3. The van der Waals surface area contributed by atoms with Crippen molar-refractivity contribution in [3.63, 3.8) is 0 Å². The van der Waals surface area contributed by atoms with E-state index in [2.05, 4.69) is 6.92 Å². The van der Waals surface area contributed by atoms with E-state index < -0.39 is 6.29 Å². The second kappa shape index (κ2) is 16.4. The fourth-order valence-electron chi connectivity index (χ4n) is 7.65. The van der Waals surface area contributed by atoms with E-state index in [1.165, 1.54) is 16.7 Å². The number of hydrogen-bond acceptors (Lipinski definition) is 8. The van der Waals surface area contributed by atoms with Gasteiger partial charge in [0.2, 0.25) is 0 Å². The molecule has 1 fully saturated rings. The Labute approximate surface area is 341 Å². The van der Waals surface area contributed by atoms with Crippen molar-refractivity contribution >= 4 is 23.6 Å². The van der Waals surface area contributed by atoms with Gasteiger partial charge in [-0.25, -0.2) is 4.98 Å². The van der Waals surface area contributed by atoms with Crippen LogP contribution in [-0.4, -0.2) is 38.7 Å². The van der Waals surface area contributed by atoms with Crippen molar-refractivity contribution in [2.45, 2.75) is 43.8 Å². The summed E-state index contributed by atoms with van der Waals surface area (Å²) in [6, 6.07) is 51.0. The average Bonchev–Trinajstić information content (AvgIpc) is 3.82. The molecule has 9 rings (SSSR count). The minimum absolute atomic E-state index is 0.0231. The van der Waals surface area contributed by atoms with Crippen molar-refractivity contribution in [3.05, 3.63) is 191 Å². The second-order valence-corrected chi connectivity index (χ2v) is 15.6. The molecule has 58 heavy (non-hydrogen) atoms. The number of carbonyl (C=O) groups excluding carboxylic acids is 2. The van der Waals surface area contributed by atoms with Gasteiger partial charge in [0.25, 0.3) is 17.0 Å². The molecule has 4 atom stereocenters. The molecule has 0 bridgehead atoms. The van der Waals surface area contributed by atoms with E-state index in [-0.39, 0.29) is 43.1 Å². The maximum atomic E-state index is 13.0. The third-order valence-corrected chi connectivity index (χ3v) is 11.8. The lowest BCUT2D eigenvalue weighted by Gasteiger charge is -2.41. The molecule has 0 aliphatic carbocycles. The van der Waals surface area contributed by atoms with Crippen LogP contribution in [0, 0.1) is 5.92 Å². The van der Waals surface area contributed by atoms with Gasteiger partial charge in [-0.05, 0) is 46.0 Å². The maximum Gasteiger partial charge on any atom is 0.261 e. The summed E-state index contributed by atoms with van der Waals surface area (Å²) in [7, 11) is 0. The lowest BCUT2D eigenvalue weighted by atomic mass is 9.91. The van der Waals surface area contributed by atoms with E-state index in [0.29, 0.717) is 22.1 Å². The first-order valence-corrected chi connectivity index (χ1v) is 20.3. The summed E-state index contributed by atoms with van der Waals surface area (Å²) >= 11 is 1.53. The van der Waals surface area contributed by atoms with E-state index in [4.69, 9.17) is 18.9 Å². The van der Waals surface area contributed by atoms with E-state index in [1.807, 2.05) is 133 Å². The Balaban J connectivity index is 0.955. The number of hydrogen-bond donors (Lipinski definition) is 1. The van der Waals surface area contributed by atoms with Crippen LogP contribution in [0.25, 0.3) is 33.7 Å². The molecule has 0 saturated carbocycles. The van der Waals surface area contributed by atoms with Crippen LogP contribution >= 0.6 is 11.8 Å². The van der Waals surface area contributed by atoms with Crippen molar-refractivity contribution < 1.29 is 28.6 Å². The smallest absolute Gasteiger partial charge is 0.261 e. The Morgan fingerprint density at radius 3 is 1.93 bits per heavy atom. The highest BCUT2D eigenvalue weighted by Crippen LogP contribution is 2.44. The van der Waals surface area contributed by atoms with Gasteiger partial charge in [0.1, 0.15) is 5.69 Å². The number of benzene rings is 6. The van der Waals surface area contributed by atoms with Crippen molar-refractivity contribution in [2.75, 3.05) is 5.75 Å². The maximum absolute atomic E-state index is 13.0. The lowest BCUT2D eigenvalue weighted by molar-refractivity contribution is -0.268. The molecule has 1 saturated heterocycles. The minimum atomic E-state index is -0.650. The van der Waals surface area contributed by atoms with Crippen molar-refractivity contribution in [1.82, 2.24) is 9.88 Å². The van der Waals surface area contributed by atoms with Crippen LogP contribution in [0.1, 0.15) is 62.3 Å². The predicted molar refractivity (Wildman–Crippen MR) is 224 cm³/mol. The van der Waals surface area contributed by atoms with Gasteiger partial charge in [0, 0.05) is 28.4 Å². The zero-order valence-corrected chi connectivity index (χ0v) is 32.5.